The second-order valence-corrected chi connectivity index (χ2v) is 5.07. The third-order valence-electron chi connectivity index (χ3n) is 3.71. The zero-order valence-corrected chi connectivity index (χ0v) is 10.6. The van der Waals surface area contributed by atoms with Gasteiger partial charge in [0, 0.05) is 13.0 Å². The third kappa shape index (κ3) is 3.55. The first-order valence-electron chi connectivity index (χ1n) is 6.60. The van der Waals surface area contributed by atoms with Gasteiger partial charge in [-0.1, -0.05) is 37.3 Å². The summed E-state index contributed by atoms with van der Waals surface area (Å²) in [6.45, 7) is 2.82. The SMILES string of the molecule is CCC1CC(O)(CCc2ccccc2)CCO1. The fraction of sp³-hybridized carbons (Fsp3) is 0.600. The molecule has 1 N–H and O–H groups in total. The van der Waals surface area contributed by atoms with Gasteiger partial charge in [0.15, 0.2) is 0 Å². The highest BCUT2D eigenvalue weighted by molar-refractivity contribution is 5.15. The molecule has 0 saturated carbocycles. The van der Waals surface area contributed by atoms with Crippen LogP contribution in [0.3, 0.4) is 0 Å². The predicted molar refractivity (Wildman–Crippen MR) is 69.0 cm³/mol. The monoisotopic (exact) mass is 234 g/mol. The van der Waals surface area contributed by atoms with Gasteiger partial charge in [-0.2, -0.15) is 0 Å². The fourth-order valence-electron chi connectivity index (χ4n) is 2.51. The molecule has 1 aliphatic rings. The Hall–Kier alpha value is -0.860. The number of rotatable bonds is 4. The van der Waals surface area contributed by atoms with E-state index in [1.54, 1.807) is 0 Å². The van der Waals surface area contributed by atoms with Crippen molar-refractivity contribution in [3.63, 3.8) is 0 Å². The average molecular weight is 234 g/mol. The Kier molecular flexibility index (Phi) is 4.19. The second kappa shape index (κ2) is 5.65. The summed E-state index contributed by atoms with van der Waals surface area (Å²) in [5, 5.41) is 10.6. The summed E-state index contributed by atoms with van der Waals surface area (Å²) < 4.78 is 5.61. The normalized spacial score (nSPS) is 29.2. The van der Waals surface area contributed by atoms with Crippen LogP contribution >= 0.6 is 0 Å². The zero-order valence-electron chi connectivity index (χ0n) is 10.6. The van der Waals surface area contributed by atoms with Gasteiger partial charge in [0.2, 0.25) is 0 Å². The number of aliphatic hydroxyl groups is 1. The van der Waals surface area contributed by atoms with E-state index in [1.165, 1.54) is 5.56 Å². The summed E-state index contributed by atoms with van der Waals surface area (Å²) in [5.41, 5.74) is 0.787. The summed E-state index contributed by atoms with van der Waals surface area (Å²) in [6, 6.07) is 10.4. The van der Waals surface area contributed by atoms with Crippen molar-refractivity contribution in [2.75, 3.05) is 6.61 Å². The van der Waals surface area contributed by atoms with E-state index < -0.39 is 5.60 Å². The van der Waals surface area contributed by atoms with Crippen molar-refractivity contribution in [3.05, 3.63) is 35.9 Å². The standard InChI is InChI=1S/C15H22O2/c1-2-14-12-15(16,10-11-17-14)9-8-13-6-4-3-5-7-13/h3-7,14,16H,2,8-12H2,1H3. The van der Waals surface area contributed by atoms with Crippen LogP contribution in [0.5, 0.6) is 0 Å². The molecule has 1 aliphatic heterocycles. The van der Waals surface area contributed by atoms with E-state index in [2.05, 4.69) is 31.2 Å². The molecule has 1 aromatic carbocycles. The van der Waals surface area contributed by atoms with Crippen molar-refractivity contribution in [2.24, 2.45) is 0 Å². The summed E-state index contributed by atoms with van der Waals surface area (Å²) in [7, 11) is 0. The van der Waals surface area contributed by atoms with Gasteiger partial charge in [0.1, 0.15) is 0 Å². The Balaban J connectivity index is 1.89. The number of ether oxygens (including phenoxy) is 1. The highest BCUT2D eigenvalue weighted by Crippen LogP contribution is 2.30. The maximum absolute atomic E-state index is 10.6. The van der Waals surface area contributed by atoms with Gasteiger partial charge < -0.3 is 9.84 Å². The Morgan fingerprint density at radius 1 is 1.35 bits per heavy atom. The molecule has 2 atom stereocenters. The summed E-state index contributed by atoms with van der Waals surface area (Å²) in [5.74, 6) is 0. The average Bonchev–Trinajstić information content (AvgIpc) is 2.38. The van der Waals surface area contributed by atoms with Crippen LogP contribution in [0.4, 0.5) is 0 Å². The van der Waals surface area contributed by atoms with Crippen molar-refractivity contribution < 1.29 is 9.84 Å². The second-order valence-electron chi connectivity index (χ2n) is 5.07. The number of hydrogen-bond donors (Lipinski definition) is 1. The number of hydrogen-bond acceptors (Lipinski definition) is 2. The Labute approximate surface area is 104 Å². The lowest BCUT2D eigenvalue weighted by Gasteiger charge is -2.36. The van der Waals surface area contributed by atoms with Crippen LogP contribution in [-0.2, 0) is 11.2 Å². The first kappa shape index (κ1) is 12.6. The van der Waals surface area contributed by atoms with Crippen molar-refractivity contribution >= 4 is 0 Å². The molecule has 1 fully saturated rings. The molecule has 2 rings (SSSR count). The van der Waals surface area contributed by atoms with Gasteiger partial charge in [-0.3, -0.25) is 0 Å². The molecule has 2 heteroatoms. The van der Waals surface area contributed by atoms with Crippen LogP contribution in [0, 0.1) is 0 Å². The van der Waals surface area contributed by atoms with E-state index in [9.17, 15) is 5.11 Å². The Morgan fingerprint density at radius 2 is 2.12 bits per heavy atom. The van der Waals surface area contributed by atoms with Crippen LogP contribution in [0.1, 0.15) is 38.2 Å². The predicted octanol–water partition coefficient (Wildman–Crippen LogP) is 2.94. The lowest BCUT2D eigenvalue weighted by molar-refractivity contribution is -0.107. The largest absolute Gasteiger partial charge is 0.390 e. The fourth-order valence-corrected chi connectivity index (χ4v) is 2.51. The van der Waals surface area contributed by atoms with Gasteiger partial charge in [0.25, 0.3) is 0 Å². The molecule has 2 unspecified atom stereocenters. The van der Waals surface area contributed by atoms with E-state index in [0.29, 0.717) is 6.61 Å². The van der Waals surface area contributed by atoms with Crippen molar-refractivity contribution in [2.45, 2.75) is 50.7 Å². The minimum Gasteiger partial charge on any atom is -0.390 e. The smallest absolute Gasteiger partial charge is 0.0697 e. The molecule has 2 nitrogen and oxygen atoms in total. The minimum absolute atomic E-state index is 0.240. The number of aryl methyl sites for hydroxylation is 1. The Morgan fingerprint density at radius 3 is 2.82 bits per heavy atom. The van der Waals surface area contributed by atoms with E-state index in [1.807, 2.05) is 6.07 Å². The first-order valence-corrected chi connectivity index (χ1v) is 6.60. The maximum Gasteiger partial charge on any atom is 0.0697 e. The van der Waals surface area contributed by atoms with Gasteiger partial charge in [-0.05, 0) is 31.2 Å². The van der Waals surface area contributed by atoms with Crippen LogP contribution in [0.25, 0.3) is 0 Å². The first-order chi connectivity index (χ1) is 8.22. The van der Waals surface area contributed by atoms with Crippen molar-refractivity contribution in [1.82, 2.24) is 0 Å². The lowest BCUT2D eigenvalue weighted by Crippen LogP contribution is -2.40. The summed E-state index contributed by atoms with van der Waals surface area (Å²) in [6.07, 6.45) is 4.59. The zero-order chi connectivity index (χ0) is 12.1. The van der Waals surface area contributed by atoms with Crippen LogP contribution in [-0.4, -0.2) is 23.4 Å². The van der Waals surface area contributed by atoms with Crippen LogP contribution < -0.4 is 0 Å². The molecule has 1 saturated heterocycles. The van der Waals surface area contributed by atoms with Gasteiger partial charge in [0.05, 0.1) is 11.7 Å². The van der Waals surface area contributed by atoms with Gasteiger partial charge in [-0.15, -0.1) is 0 Å². The lowest BCUT2D eigenvalue weighted by atomic mass is 9.84. The van der Waals surface area contributed by atoms with Gasteiger partial charge >= 0.3 is 0 Å². The Bertz CT molecular complexity index is 336. The molecule has 0 aliphatic carbocycles. The maximum atomic E-state index is 10.6. The minimum atomic E-state index is -0.519. The highest BCUT2D eigenvalue weighted by atomic mass is 16.5. The molecule has 0 amide bonds. The van der Waals surface area contributed by atoms with Crippen molar-refractivity contribution in [3.8, 4) is 0 Å². The quantitative estimate of drug-likeness (QED) is 0.868. The molecule has 1 aromatic rings. The summed E-state index contributed by atoms with van der Waals surface area (Å²) in [4.78, 5) is 0. The van der Waals surface area contributed by atoms with E-state index in [-0.39, 0.29) is 6.10 Å². The van der Waals surface area contributed by atoms with Crippen molar-refractivity contribution in [1.29, 1.82) is 0 Å². The molecular formula is C15H22O2. The molecule has 1 heterocycles. The molecular weight excluding hydrogens is 212 g/mol. The highest BCUT2D eigenvalue weighted by Gasteiger charge is 2.33. The van der Waals surface area contributed by atoms with Gasteiger partial charge in [-0.25, -0.2) is 0 Å². The molecule has 17 heavy (non-hydrogen) atoms. The third-order valence-corrected chi connectivity index (χ3v) is 3.71. The van der Waals surface area contributed by atoms with E-state index >= 15 is 0 Å². The molecule has 0 bridgehead atoms. The molecule has 0 spiro atoms. The molecule has 0 aromatic heterocycles. The van der Waals surface area contributed by atoms with Crippen LogP contribution in [0.15, 0.2) is 30.3 Å². The molecule has 94 valence electrons. The van der Waals surface area contributed by atoms with Crippen LogP contribution in [0.2, 0.25) is 0 Å². The van der Waals surface area contributed by atoms with E-state index in [0.717, 1.165) is 32.1 Å². The summed E-state index contributed by atoms with van der Waals surface area (Å²) >= 11 is 0. The number of benzene rings is 1. The topological polar surface area (TPSA) is 29.5 Å². The van der Waals surface area contributed by atoms with E-state index in [4.69, 9.17) is 4.74 Å². The molecule has 0 radical (unpaired) electrons.